The molecule has 0 unspecified atom stereocenters. The van der Waals surface area contributed by atoms with E-state index in [1.165, 1.54) is 6.07 Å². The van der Waals surface area contributed by atoms with Crippen molar-refractivity contribution in [2.75, 3.05) is 6.54 Å². The van der Waals surface area contributed by atoms with Gasteiger partial charge in [-0.2, -0.15) is 0 Å². The van der Waals surface area contributed by atoms with Crippen LogP contribution in [0.2, 0.25) is 0 Å². The molecule has 6 heteroatoms. The highest BCUT2D eigenvalue weighted by atomic mass is 32.1. The van der Waals surface area contributed by atoms with Gasteiger partial charge in [0.25, 0.3) is 0 Å². The maximum Gasteiger partial charge on any atom is 0.242 e. The van der Waals surface area contributed by atoms with Gasteiger partial charge < -0.3 is 5.32 Å². The summed E-state index contributed by atoms with van der Waals surface area (Å²) in [5, 5.41) is 3.33. The zero-order valence-corrected chi connectivity index (χ0v) is 12.5. The normalized spacial score (nSPS) is 10.2. The molecule has 20 heavy (non-hydrogen) atoms. The van der Waals surface area contributed by atoms with Crippen LogP contribution >= 0.6 is 12.2 Å². The molecule has 0 saturated carbocycles. The van der Waals surface area contributed by atoms with Gasteiger partial charge in [-0.25, -0.2) is 4.39 Å². The lowest BCUT2D eigenvalue weighted by Crippen LogP contribution is -2.47. The van der Waals surface area contributed by atoms with Crippen LogP contribution in [0.25, 0.3) is 0 Å². The highest BCUT2D eigenvalue weighted by Crippen LogP contribution is 2.06. The van der Waals surface area contributed by atoms with E-state index < -0.39 is 0 Å². The summed E-state index contributed by atoms with van der Waals surface area (Å²) in [6, 6.07) is 6.18. The van der Waals surface area contributed by atoms with Crippen molar-refractivity contribution >= 4 is 23.2 Å². The molecule has 0 fully saturated rings. The number of thiocarbonyl (C=S) groups is 1. The van der Waals surface area contributed by atoms with Crippen LogP contribution in [-0.4, -0.2) is 17.6 Å². The van der Waals surface area contributed by atoms with Gasteiger partial charge in [-0.15, -0.1) is 0 Å². The van der Waals surface area contributed by atoms with Crippen LogP contribution in [0.1, 0.15) is 25.8 Å². The third-order valence-corrected chi connectivity index (χ3v) is 2.88. The van der Waals surface area contributed by atoms with Crippen LogP contribution in [0, 0.1) is 11.7 Å². The average Bonchev–Trinajstić information content (AvgIpc) is 2.39. The second-order valence-electron chi connectivity index (χ2n) is 4.88. The number of carbonyl (C=O) groups excluding carboxylic acids is 1. The van der Waals surface area contributed by atoms with Gasteiger partial charge in [0.15, 0.2) is 5.11 Å². The molecular weight excluding hydrogens is 277 g/mol. The second kappa shape index (κ2) is 8.47. The van der Waals surface area contributed by atoms with Crippen LogP contribution in [0.3, 0.4) is 0 Å². The first kappa shape index (κ1) is 16.4. The molecule has 4 nitrogen and oxygen atoms in total. The van der Waals surface area contributed by atoms with Crippen LogP contribution in [-0.2, 0) is 11.2 Å². The molecule has 0 bridgehead atoms. The Morgan fingerprint density at radius 2 is 2.00 bits per heavy atom. The standard InChI is InChI=1S/C14H20FN3OS/c1-10(2)7-8-16-14(20)18-17-13(19)9-11-5-3-4-6-12(11)15/h3-6,10H,7-9H2,1-2H3,(H,17,19)(H2,16,18,20). The number of hydrogen-bond donors (Lipinski definition) is 3. The molecule has 1 rings (SSSR count). The quantitative estimate of drug-likeness (QED) is 0.574. The van der Waals surface area contributed by atoms with Crippen molar-refractivity contribution in [2.24, 2.45) is 5.92 Å². The van der Waals surface area contributed by atoms with Crippen molar-refractivity contribution in [3.05, 3.63) is 35.6 Å². The fourth-order valence-electron chi connectivity index (χ4n) is 1.50. The summed E-state index contributed by atoms with van der Waals surface area (Å²) in [6.07, 6.45) is 0.958. The van der Waals surface area contributed by atoms with Crippen LogP contribution in [0.4, 0.5) is 4.39 Å². The number of hydrazine groups is 1. The second-order valence-corrected chi connectivity index (χ2v) is 5.29. The third kappa shape index (κ3) is 6.47. The van der Waals surface area contributed by atoms with E-state index in [0.29, 0.717) is 16.6 Å². The number of amides is 1. The first-order chi connectivity index (χ1) is 9.49. The van der Waals surface area contributed by atoms with Crippen molar-refractivity contribution in [1.82, 2.24) is 16.2 Å². The number of carbonyl (C=O) groups is 1. The molecule has 0 aliphatic rings. The Kier molecular flexibility index (Phi) is 6.93. The van der Waals surface area contributed by atoms with E-state index in [-0.39, 0.29) is 18.1 Å². The van der Waals surface area contributed by atoms with E-state index >= 15 is 0 Å². The van der Waals surface area contributed by atoms with Crippen molar-refractivity contribution in [3.8, 4) is 0 Å². The maximum absolute atomic E-state index is 13.4. The molecule has 0 aromatic heterocycles. The van der Waals surface area contributed by atoms with Gasteiger partial charge in [-0.1, -0.05) is 32.0 Å². The van der Waals surface area contributed by atoms with Crippen molar-refractivity contribution < 1.29 is 9.18 Å². The molecule has 1 aromatic carbocycles. The Morgan fingerprint density at radius 3 is 2.65 bits per heavy atom. The lowest BCUT2D eigenvalue weighted by Gasteiger charge is -2.12. The fraction of sp³-hybridized carbons (Fsp3) is 0.429. The predicted molar refractivity (Wildman–Crippen MR) is 81.4 cm³/mol. The van der Waals surface area contributed by atoms with Gasteiger partial charge in [0.1, 0.15) is 5.82 Å². The molecule has 0 radical (unpaired) electrons. The molecule has 1 amide bonds. The van der Waals surface area contributed by atoms with E-state index in [1.807, 2.05) is 0 Å². The highest BCUT2D eigenvalue weighted by Gasteiger charge is 2.07. The summed E-state index contributed by atoms with van der Waals surface area (Å²) in [6.45, 7) is 4.98. The summed E-state index contributed by atoms with van der Waals surface area (Å²) in [7, 11) is 0. The summed E-state index contributed by atoms with van der Waals surface area (Å²) < 4.78 is 13.4. The lowest BCUT2D eigenvalue weighted by atomic mass is 10.1. The molecule has 0 aliphatic heterocycles. The van der Waals surface area contributed by atoms with E-state index in [1.54, 1.807) is 18.2 Å². The van der Waals surface area contributed by atoms with Gasteiger partial charge in [0.2, 0.25) is 5.91 Å². The van der Waals surface area contributed by atoms with E-state index in [2.05, 4.69) is 30.0 Å². The first-order valence-electron chi connectivity index (χ1n) is 6.55. The van der Waals surface area contributed by atoms with E-state index in [0.717, 1.165) is 13.0 Å². The largest absolute Gasteiger partial charge is 0.361 e. The zero-order valence-electron chi connectivity index (χ0n) is 11.7. The van der Waals surface area contributed by atoms with Crippen LogP contribution in [0.5, 0.6) is 0 Å². The number of hydrogen-bond acceptors (Lipinski definition) is 2. The minimum atomic E-state index is -0.389. The smallest absolute Gasteiger partial charge is 0.242 e. The molecule has 0 spiro atoms. The molecule has 0 aliphatic carbocycles. The van der Waals surface area contributed by atoms with E-state index in [9.17, 15) is 9.18 Å². The summed E-state index contributed by atoms with van der Waals surface area (Å²) >= 11 is 5.00. The Labute approximate surface area is 124 Å². The summed E-state index contributed by atoms with van der Waals surface area (Å²) in [4.78, 5) is 11.6. The fourth-order valence-corrected chi connectivity index (χ4v) is 1.66. The Balaban J connectivity index is 2.26. The number of benzene rings is 1. The van der Waals surface area contributed by atoms with Crippen LogP contribution < -0.4 is 16.2 Å². The van der Waals surface area contributed by atoms with Crippen molar-refractivity contribution in [3.63, 3.8) is 0 Å². The Hall–Kier alpha value is -1.69. The average molecular weight is 297 g/mol. The van der Waals surface area contributed by atoms with Crippen molar-refractivity contribution in [2.45, 2.75) is 26.7 Å². The van der Waals surface area contributed by atoms with Crippen molar-refractivity contribution in [1.29, 1.82) is 0 Å². The minimum Gasteiger partial charge on any atom is -0.361 e. The summed E-state index contributed by atoms with van der Waals surface area (Å²) in [5.41, 5.74) is 5.38. The van der Waals surface area contributed by atoms with Gasteiger partial charge in [-0.05, 0) is 36.2 Å². The van der Waals surface area contributed by atoms with Gasteiger partial charge in [0.05, 0.1) is 6.42 Å². The monoisotopic (exact) mass is 297 g/mol. The molecule has 1 aromatic rings. The molecular formula is C14H20FN3OS. The third-order valence-electron chi connectivity index (χ3n) is 2.63. The first-order valence-corrected chi connectivity index (χ1v) is 6.96. The molecule has 0 heterocycles. The van der Waals surface area contributed by atoms with Gasteiger partial charge in [0, 0.05) is 6.54 Å². The maximum atomic E-state index is 13.4. The number of halogens is 1. The van der Waals surface area contributed by atoms with Crippen LogP contribution in [0.15, 0.2) is 24.3 Å². The number of rotatable bonds is 5. The van der Waals surface area contributed by atoms with Gasteiger partial charge >= 0.3 is 0 Å². The predicted octanol–water partition coefficient (Wildman–Crippen LogP) is 1.91. The van der Waals surface area contributed by atoms with Gasteiger partial charge in [-0.3, -0.25) is 15.6 Å². The summed E-state index contributed by atoms with van der Waals surface area (Å²) in [5.74, 6) is -0.149. The molecule has 0 saturated heterocycles. The SMILES string of the molecule is CC(C)CCNC(=S)NNC(=O)Cc1ccccc1F. The molecule has 3 N–H and O–H groups in total. The van der Waals surface area contributed by atoms with E-state index in [4.69, 9.17) is 12.2 Å². The zero-order chi connectivity index (χ0) is 15.0. The Bertz CT molecular complexity index is 465. The molecule has 110 valence electrons. The topological polar surface area (TPSA) is 53.2 Å². The highest BCUT2D eigenvalue weighted by molar-refractivity contribution is 7.80. The lowest BCUT2D eigenvalue weighted by molar-refractivity contribution is -0.121. The number of nitrogens with one attached hydrogen (secondary N) is 3. The Morgan fingerprint density at radius 1 is 1.30 bits per heavy atom. The minimum absolute atomic E-state index is 0.0335. The molecule has 0 atom stereocenters.